The largest absolute Gasteiger partial charge is 0.384 e. The van der Waals surface area contributed by atoms with Gasteiger partial charge in [-0.05, 0) is 37.1 Å². The molecule has 4 N–H and O–H groups in total. The predicted molar refractivity (Wildman–Crippen MR) is 199 cm³/mol. The van der Waals surface area contributed by atoms with Crippen LogP contribution in [0.4, 0.5) is 87.8 Å². The number of aliphatic hydroxyl groups is 2. The summed E-state index contributed by atoms with van der Waals surface area (Å²) < 4.78 is 304. The number of benzene rings is 4. The molecule has 2 aliphatic heterocycles. The van der Waals surface area contributed by atoms with Crippen molar-refractivity contribution in [2.45, 2.75) is 25.0 Å². The molecule has 0 unspecified atom stereocenters. The Morgan fingerprint density at radius 2 is 0.486 bits per heavy atom. The van der Waals surface area contributed by atoms with Gasteiger partial charge in [-0.3, -0.25) is 9.97 Å². The highest BCUT2D eigenvalue weighted by molar-refractivity contribution is 5.93. The molecule has 0 amide bonds. The van der Waals surface area contributed by atoms with Gasteiger partial charge >= 0.3 is 0 Å². The number of aryl methyl sites for hydroxylation is 2. The Morgan fingerprint density at radius 1 is 0.286 bits per heavy atom. The number of aliphatic hydroxyl groups excluding tert-OH is 2. The van der Waals surface area contributed by atoms with Crippen LogP contribution in [0.5, 0.6) is 0 Å². The molecule has 7 aromatic rings. The fourth-order valence-electron chi connectivity index (χ4n) is 8.18. The van der Waals surface area contributed by atoms with Gasteiger partial charge in [0.25, 0.3) is 0 Å². The molecule has 0 saturated heterocycles. The SMILES string of the molecule is O[C@@H]1c2nc(c(-c3c(F)c(F)c(F)c(F)c3F)c3ccc([nH]3)c(-c3c(F)c(F)c(F)c(F)c3F)c3nc(c(-c4c(F)c(F)c(F)c(F)c4F)c4ccc([nH]4)c2-c2c(F)c(F)c(F)c(F)c2F)CC3)[C@@H]1O. The third kappa shape index (κ3) is 6.65. The van der Waals surface area contributed by atoms with E-state index in [0.29, 0.717) is 24.3 Å². The second kappa shape index (κ2) is 16.6. The molecular weight excluding hydrogens is 996 g/mol. The van der Waals surface area contributed by atoms with Crippen LogP contribution >= 0.6 is 0 Å². The van der Waals surface area contributed by atoms with Crippen molar-refractivity contribution in [1.29, 1.82) is 0 Å². The highest BCUT2D eigenvalue weighted by Gasteiger charge is 2.40. The minimum Gasteiger partial charge on any atom is -0.384 e. The van der Waals surface area contributed by atoms with E-state index in [2.05, 4.69) is 19.9 Å². The monoisotopic (exact) mass is 1010 g/mol. The Balaban J connectivity index is 1.62. The Morgan fingerprint density at radius 3 is 0.729 bits per heavy atom. The lowest BCUT2D eigenvalue weighted by Gasteiger charge is -2.15. The van der Waals surface area contributed by atoms with Crippen molar-refractivity contribution in [1.82, 2.24) is 19.9 Å². The van der Waals surface area contributed by atoms with Crippen molar-refractivity contribution in [3.63, 3.8) is 0 Å². The molecule has 6 nitrogen and oxygen atoms in total. The molecule has 5 heterocycles. The highest BCUT2D eigenvalue weighted by Crippen LogP contribution is 2.48. The number of nitrogens with one attached hydrogen (secondary N) is 2. The third-order valence-electron chi connectivity index (χ3n) is 11.3. The number of aromatic amines is 2. The van der Waals surface area contributed by atoms with E-state index in [-0.39, 0.29) is 0 Å². The maximum Gasteiger partial charge on any atom is 0.200 e. The number of aromatic nitrogens is 4. The molecule has 362 valence electrons. The summed E-state index contributed by atoms with van der Waals surface area (Å²) in [5.41, 5.74) is -22.9. The van der Waals surface area contributed by atoms with E-state index in [4.69, 9.17) is 0 Å². The smallest absolute Gasteiger partial charge is 0.200 e. The molecule has 9 rings (SSSR count). The number of hydrogen-bond acceptors (Lipinski definition) is 4. The quantitative estimate of drug-likeness (QED) is 0.0802. The predicted octanol–water partition coefficient (Wildman–Crippen LogP) is 12.3. The number of nitrogens with zero attached hydrogens (tertiary/aromatic N) is 2. The standard InChI is InChI=1S/C44H14F20N4O2/c45-21-17(22(46)30(54)37(61)29(21)53)13-7-1-2-8(65-7)14(18-23(47)31(55)38(62)32(56)24(18)48)10-4-6-12(67-10)16(20-27(51)35(59)40(64)36(60)28(20)52)42-44(70)43(69)41(68-42)15(11-5-3-9(13)66-11)19-25(49)33(57)39(63)34(58)26(19)50/h3-6,43-44,66-67,69-70H,1-2H2/t43-,44+. The lowest BCUT2D eigenvalue weighted by atomic mass is 9.96. The molecule has 26 heteroatoms. The first kappa shape index (κ1) is 47.6. The molecule has 4 aromatic carbocycles. The van der Waals surface area contributed by atoms with E-state index >= 15 is 35.1 Å². The lowest BCUT2D eigenvalue weighted by molar-refractivity contribution is 0.0259. The third-order valence-corrected chi connectivity index (χ3v) is 11.3. The summed E-state index contributed by atoms with van der Waals surface area (Å²) in [6, 6.07) is 2.11. The Labute approximate surface area is 372 Å². The first-order chi connectivity index (χ1) is 32.9. The Kier molecular flexibility index (Phi) is 11.3. The van der Waals surface area contributed by atoms with Gasteiger partial charge < -0.3 is 20.2 Å². The van der Waals surface area contributed by atoms with Crippen molar-refractivity contribution < 1.29 is 98.0 Å². The van der Waals surface area contributed by atoms with Gasteiger partial charge in [-0.15, -0.1) is 0 Å². The van der Waals surface area contributed by atoms with Gasteiger partial charge in [0, 0.05) is 44.3 Å². The fourth-order valence-corrected chi connectivity index (χ4v) is 8.18. The van der Waals surface area contributed by atoms with Crippen molar-refractivity contribution >= 4 is 22.1 Å². The van der Waals surface area contributed by atoms with Gasteiger partial charge in [0.1, 0.15) is 12.2 Å². The van der Waals surface area contributed by atoms with Crippen molar-refractivity contribution in [3.05, 3.63) is 163 Å². The van der Waals surface area contributed by atoms with Crippen LogP contribution < -0.4 is 0 Å². The second-order valence-corrected chi connectivity index (χ2v) is 15.1. The summed E-state index contributed by atoms with van der Waals surface area (Å²) in [5.74, 6) is -54.2. The van der Waals surface area contributed by atoms with Crippen molar-refractivity contribution in [3.8, 4) is 44.5 Å². The van der Waals surface area contributed by atoms with E-state index in [1.54, 1.807) is 0 Å². The molecule has 0 fully saturated rings. The maximum atomic E-state index is 15.9. The second-order valence-electron chi connectivity index (χ2n) is 15.1. The van der Waals surface area contributed by atoms with Crippen molar-refractivity contribution in [2.75, 3.05) is 0 Å². The van der Waals surface area contributed by atoms with Crippen LogP contribution in [0.2, 0.25) is 0 Å². The van der Waals surface area contributed by atoms with Crippen molar-refractivity contribution in [2.24, 2.45) is 0 Å². The summed E-state index contributed by atoms with van der Waals surface area (Å²) in [4.78, 5) is 12.0. The molecule has 3 aromatic heterocycles. The molecule has 0 aliphatic carbocycles. The average Bonchev–Trinajstić information content (AvgIpc) is 4.18. The van der Waals surface area contributed by atoms with Crippen LogP contribution in [-0.4, -0.2) is 30.1 Å². The molecule has 2 atom stereocenters. The maximum absolute atomic E-state index is 15.9. The lowest BCUT2D eigenvalue weighted by Crippen LogP contribution is -2.09. The molecule has 0 radical (unpaired) electrons. The van der Waals surface area contributed by atoms with Crippen LogP contribution in [0.15, 0.2) is 24.3 Å². The molecule has 0 spiro atoms. The summed E-state index contributed by atoms with van der Waals surface area (Å²) in [7, 11) is 0. The zero-order chi connectivity index (χ0) is 51.0. The van der Waals surface area contributed by atoms with Crippen LogP contribution in [0.1, 0.15) is 35.0 Å². The van der Waals surface area contributed by atoms with E-state index in [1.807, 2.05) is 0 Å². The van der Waals surface area contributed by atoms with E-state index in [9.17, 15) is 62.9 Å². The van der Waals surface area contributed by atoms with Crippen LogP contribution in [0.25, 0.3) is 66.6 Å². The normalized spacial score (nSPS) is 14.9. The van der Waals surface area contributed by atoms with Gasteiger partial charge in [0.2, 0.25) is 23.3 Å². The summed E-state index contributed by atoms with van der Waals surface area (Å²) in [6.45, 7) is 0. The zero-order valence-electron chi connectivity index (χ0n) is 33.2. The first-order valence-corrected chi connectivity index (χ1v) is 19.1. The summed E-state index contributed by atoms with van der Waals surface area (Å²) in [5, 5.41) is 23.0. The van der Waals surface area contributed by atoms with Crippen LogP contribution in [0.3, 0.4) is 0 Å². The summed E-state index contributed by atoms with van der Waals surface area (Å²) in [6.07, 6.45) is -7.73. The first-order valence-electron chi connectivity index (χ1n) is 19.1. The van der Waals surface area contributed by atoms with Crippen LogP contribution in [0, 0.1) is 116 Å². The minimum atomic E-state index is -2.97. The summed E-state index contributed by atoms with van der Waals surface area (Å²) >= 11 is 0. The minimum absolute atomic E-state index is 0.504. The number of halogens is 20. The number of H-pyrrole nitrogens is 2. The van der Waals surface area contributed by atoms with E-state index in [1.165, 1.54) is 0 Å². The average molecular weight is 1010 g/mol. The van der Waals surface area contributed by atoms with E-state index < -0.39 is 231 Å². The number of hydrogen-bond donors (Lipinski definition) is 4. The van der Waals surface area contributed by atoms with Gasteiger partial charge in [0.05, 0.1) is 45.0 Å². The Bertz CT molecular complexity index is 3340. The van der Waals surface area contributed by atoms with E-state index in [0.717, 1.165) is 0 Å². The number of fused-ring (bicyclic) bond motifs is 8. The highest BCUT2D eigenvalue weighted by atomic mass is 19.2. The molecule has 70 heavy (non-hydrogen) atoms. The molecule has 8 bridgehead atoms. The van der Waals surface area contributed by atoms with Gasteiger partial charge in [-0.25, -0.2) is 87.8 Å². The van der Waals surface area contributed by atoms with Gasteiger partial charge in [-0.1, -0.05) is 0 Å². The molecule has 0 saturated carbocycles. The molecule has 2 aliphatic rings. The molecular formula is C44H14F20N4O2. The van der Waals surface area contributed by atoms with Crippen LogP contribution in [-0.2, 0) is 12.8 Å². The van der Waals surface area contributed by atoms with Gasteiger partial charge in [0.15, 0.2) is 93.1 Å². The fraction of sp³-hybridized carbons (Fsp3) is 0.0909. The topological polar surface area (TPSA) is 97.8 Å². The number of rotatable bonds is 4. The Hall–Kier alpha value is -7.48. The zero-order valence-corrected chi connectivity index (χ0v) is 33.2. The van der Waals surface area contributed by atoms with Gasteiger partial charge in [-0.2, -0.15) is 0 Å².